The molecule has 1 aliphatic heterocycles. The van der Waals surface area contributed by atoms with Crippen molar-refractivity contribution >= 4 is 0 Å². The molecule has 0 spiro atoms. The summed E-state index contributed by atoms with van der Waals surface area (Å²) in [6.07, 6.45) is -1.85. The van der Waals surface area contributed by atoms with E-state index in [4.69, 9.17) is 0 Å². The van der Waals surface area contributed by atoms with E-state index in [-0.39, 0.29) is 11.6 Å². The molecule has 0 unspecified atom stereocenters. The topological polar surface area (TPSA) is 12.0 Å². The molecule has 1 nitrogen and oxygen atoms in total. The molecule has 0 aliphatic carbocycles. The van der Waals surface area contributed by atoms with E-state index in [2.05, 4.69) is 5.32 Å². The van der Waals surface area contributed by atoms with Crippen LogP contribution in [0.15, 0.2) is 18.2 Å². The summed E-state index contributed by atoms with van der Waals surface area (Å²) in [7, 11) is 0. The largest absolute Gasteiger partial charge is 0.416 e. The molecule has 0 saturated carbocycles. The van der Waals surface area contributed by atoms with Gasteiger partial charge in [0, 0.05) is 11.6 Å². The van der Waals surface area contributed by atoms with Gasteiger partial charge in [0.15, 0.2) is 0 Å². The number of alkyl halides is 3. The predicted octanol–water partition coefficient (Wildman–Crippen LogP) is 3.66. The molecule has 1 N–H and O–H groups in total. The van der Waals surface area contributed by atoms with Crippen molar-refractivity contribution in [3.8, 4) is 0 Å². The molecule has 1 atom stereocenters. The highest BCUT2D eigenvalue weighted by Crippen LogP contribution is 2.33. The van der Waals surface area contributed by atoms with Crippen LogP contribution in [-0.4, -0.2) is 6.54 Å². The average molecular weight is 247 g/mol. The third-order valence-corrected chi connectivity index (χ3v) is 3.01. The maximum atomic E-state index is 13.5. The van der Waals surface area contributed by atoms with Crippen molar-refractivity contribution in [2.24, 2.45) is 0 Å². The second kappa shape index (κ2) is 4.64. The van der Waals surface area contributed by atoms with Gasteiger partial charge in [-0.05, 0) is 37.6 Å². The van der Waals surface area contributed by atoms with Crippen LogP contribution < -0.4 is 5.32 Å². The molecule has 0 bridgehead atoms. The number of halogens is 4. The Morgan fingerprint density at radius 1 is 1.18 bits per heavy atom. The van der Waals surface area contributed by atoms with Crippen molar-refractivity contribution in [3.05, 3.63) is 35.1 Å². The van der Waals surface area contributed by atoms with Gasteiger partial charge in [-0.25, -0.2) is 4.39 Å². The summed E-state index contributed by atoms with van der Waals surface area (Å²) in [5, 5.41) is 3.05. The van der Waals surface area contributed by atoms with Gasteiger partial charge in [0.05, 0.1) is 5.56 Å². The van der Waals surface area contributed by atoms with E-state index in [1.54, 1.807) is 0 Å². The lowest BCUT2D eigenvalue weighted by Gasteiger charge is -2.24. The lowest BCUT2D eigenvalue weighted by molar-refractivity contribution is -0.137. The smallest absolute Gasteiger partial charge is 0.310 e. The number of piperidine rings is 1. The van der Waals surface area contributed by atoms with Crippen molar-refractivity contribution in [1.82, 2.24) is 5.32 Å². The first-order valence-electron chi connectivity index (χ1n) is 5.58. The Hall–Kier alpha value is -1.10. The van der Waals surface area contributed by atoms with E-state index in [0.29, 0.717) is 6.42 Å². The van der Waals surface area contributed by atoms with E-state index in [1.807, 2.05) is 0 Å². The van der Waals surface area contributed by atoms with Gasteiger partial charge in [0.1, 0.15) is 5.82 Å². The SMILES string of the molecule is Fc1ccc(C(F)(F)F)cc1[C@@H]1CCCCN1. The fourth-order valence-corrected chi connectivity index (χ4v) is 2.10. The van der Waals surface area contributed by atoms with E-state index in [1.165, 1.54) is 0 Å². The van der Waals surface area contributed by atoms with Crippen molar-refractivity contribution in [2.75, 3.05) is 6.54 Å². The number of nitrogens with one attached hydrogen (secondary N) is 1. The molecule has 1 aliphatic rings. The highest BCUT2D eigenvalue weighted by atomic mass is 19.4. The van der Waals surface area contributed by atoms with Crippen LogP contribution >= 0.6 is 0 Å². The zero-order valence-corrected chi connectivity index (χ0v) is 9.15. The van der Waals surface area contributed by atoms with E-state index >= 15 is 0 Å². The molecule has 2 rings (SSSR count). The molecule has 1 saturated heterocycles. The average Bonchev–Trinajstić information content (AvgIpc) is 2.29. The summed E-state index contributed by atoms with van der Waals surface area (Å²) in [5.41, 5.74) is -0.666. The Bertz CT molecular complexity index is 394. The molecule has 0 amide bonds. The van der Waals surface area contributed by atoms with Gasteiger partial charge in [-0.1, -0.05) is 6.42 Å². The lowest BCUT2D eigenvalue weighted by atomic mass is 9.95. The fourth-order valence-electron chi connectivity index (χ4n) is 2.10. The third-order valence-electron chi connectivity index (χ3n) is 3.01. The van der Waals surface area contributed by atoms with Crippen molar-refractivity contribution in [3.63, 3.8) is 0 Å². The van der Waals surface area contributed by atoms with Gasteiger partial charge in [-0.2, -0.15) is 13.2 Å². The fraction of sp³-hybridized carbons (Fsp3) is 0.500. The van der Waals surface area contributed by atoms with Crippen LogP contribution in [0.2, 0.25) is 0 Å². The molecule has 0 radical (unpaired) electrons. The summed E-state index contributed by atoms with van der Waals surface area (Å²) in [6, 6.07) is 2.29. The highest BCUT2D eigenvalue weighted by Gasteiger charge is 2.32. The lowest BCUT2D eigenvalue weighted by Crippen LogP contribution is -2.27. The maximum Gasteiger partial charge on any atom is 0.416 e. The molecule has 0 aromatic heterocycles. The molecule has 1 aromatic carbocycles. The number of hydrogen-bond donors (Lipinski definition) is 1. The summed E-state index contributed by atoms with van der Waals surface area (Å²) >= 11 is 0. The second-order valence-electron chi connectivity index (χ2n) is 4.24. The van der Waals surface area contributed by atoms with Gasteiger partial charge in [0.2, 0.25) is 0 Å². The Kier molecular flexibility index (Phi) is 3.38. The molecule has 5 heteroatoms. The van der Waals surface area contributed by atoms with Crippen LogP contribution in [-0.2, 0) is 6.18 Å². The molecule has 1 aromatic rings. The van der Waals surface area contributed by atoms with Gasteiger partial charge < -0.3 is 5.32 Å². The van der Waals surface area contributed by atoms with E-state index < -0.39 is 17.6 Å². The van der Waals surface area contributed by atoms with Crippen LogP contribution in [0.25, 0.3) is 0 Å². The molecule has 1 fully saturated rings. The van der Waals surface area contributed by atoms with Crippen LogP contribution in [0, 0.1) is 5.82 Å². The third kappa shape index (κ3) is 2.77. The normalized spacial score (nSPS) is 21.5. The van der Waals surface area contributed by atoms with Crippen LogP contribution in [0.3, 0.4) is 0 Å². The second-order valence-corrected chi connectivity index (χ2v) is 4.24. The highest BCUT2D eigenvalue weighted by molar-refractivity contribution is 5.29. The Labute approximate surface area is 96.8 Å². The van der Waals surface area contributed by atoms with E-state index in [9.17, 15) is 17.6 Å². The molecular weight excluding hydrogens is 234 g/mol. The van der Waals surface area contributed by atoms with Crippen molar-refractivity contribution in [2.45, 2.75) is 31.5 Å². The van der Waals surface area contributed by atoms with Crippen LogP contribution in [0.1, 0.15) is 36.4 Å². The first kappa shape index (κ1) is 12.4. The van der Waals surface area contributed by atoms with Gasteiger partial charge >= 0.3 is 6.18 Å². The molecule has 17 heavy (non-hydrogen) atoms. The van der Waals surface area contributed by atoms with Crippen LogP contribution in [0.5, 0.6) is 0 Å². The van der Waals surface area contributed by atoms with E-state index in [0.717, 1.165) is 37.6 Å². The zero-order valence-electron chi connectivity index (χ0n) is 9.15. The van der Waals surface area contributed by atoms with Crippen LogP contribution in [0.4, 0.5) is 17.6 Å². The summed E-state index contributed by atoms with van der Waals surface area (Å²) in [5.74, 6) is -0.572. The summed E-state index contributed by atoms with van der Waals surface area (Å²) in [6.45, 7) is 0.723. The molecule has 1 heterocycles. The Balaban J connectivity index is 2.31. The summed E-state index contributed by atoms with van der Waals surface area (Å²) in [4.78, 5) is 0. The number of benzene rings is 1. The van der Waals surface area contributed by atoms with Gasteiger partial charge in [-0.3, -0.25) is 0 Å². The van der Waals surface area contributed by atoms with Gasteiger partial charge in [-0.15, -0.1) is 0 Å². The Morgan fingerprint density at radius 2 is 1.94 bits per heavy atom. The molecule has 94 valence electrons. The minimum atomic E-state index is -4.42. The standard InChI is InChI=1S/C12H13F4N/c13-10-5-4-8(12(14,15)16)7-9(10)11-3-1-2-6-17-11/h4-5,7,11,17H,1-3,6H2/t11-/m0/s1. The Morgan fingerprint density at radius 3 is 2.53 bits per heavy atom. The van der Waals surface area contributed by atoms with Crippen molar-refractivity contribution in [1.29, 1.82) is 0 Å². The number of rotatable bonds is 1. The predicted molar refractivity (Wildman–Crippen MR) is 56.0 cm³/mol. The van der Waals surface area contributed by atoms with Crippen molar-refractivity contribution < 1.29 is 17.6 Å². The minimum absolute atomic E-state index is 0.125. The zero-order chi connectivity index (χ0) is 12.5. The number of hydrogen-bond acceptors (Lipinski definition) is 1. The first-order valence-corrected chi connectivity index (χ1v) is 5.58. The maximum absolute atomic E-state index is 13.5. The summed E-state index contributed by atoms with van der Waals surface area (Å²) < 4.78 is 51.1. The first-order chi connectivity index (χ1) is 7.98. The quantitative estimate of drug-likeness (QED) is 0.747. The molecular formula is C12H13F4N. The van der Waals surface area contributed by atoms with Gasteiger partial charge in [0.25, 0.3) is 0 Å². The monoisotopic (exact) mass is 247 g/mol. The minimum Gasteiger partial charge on any atom is -0.310 e.